The lowest BCUT2D eigenvalue weighted by molar-refractivity contribution is -0.140. The van der Waals surface area contributed by atoms with Gasteiger partial charge in [0.15, 0.2) is 0 Å². The molecule has 3 aromatic carbocycles. The van der Waals surface area contributed by atoms with Gasteiger partial charge in [-0.3, -0.25) is 13.9 Å². The normalized spacial score (nSPS) is 12.8. The van der Waals surface area contributed by atoms with E-state index in [9.17, 15) is 18.0 Å². The Kier molecular flexibility index (Phi) is 10.8. The molecule has 0 unspecified atom stereocenters. The van der Waals surface area contributed by atoms with Crippen molar-refractivity contribution in [2.45, 2.75) is 57.1 Å². The van der Waals surface area contributed by atoms with Crippen LogP contribution in [0.25, 0.3) is 0 Å². The van der Waals surface area contributed by atoms with Crippen LogP contribution in [0.5, 0.6) is 0 Å². The Morgan fingerprint density at radius 2 is 1.54 bits per heavy atom. The number of carbonyl (C=O) groups is 2. The minimum atomic E-state index is -4.20. The lowest BCUT2D eigenvalue weighted by atomic mass is 10.1. The van der Waals surface area contributed by atoms with Crippen LogP contribution in [0, 0.1) is 0 Å². The minimum Gasteiger partial charge on any atom is -0.352 e. The Bertz CT molecular complexity index is 1370. The van der Waals surface area contributed by atoms with E-state index in [4.69, 9.17) is 23.2 Å². The summed E-state index contributed by atoms with van der Waals surface area (Å²) in [7, 11) is -4.20. The van der Waals surface area contributed by atoms with E-state index in [2.05, 4.69) is 5.32 Å². The van der Waals surface area contributed by atoms with Gasteiger partial charge in [-0.05, 0) is 67.8 Å². The van der Waals surface area contributed by atoms with E-state index in [1.165, 1.54) is 35.2 Å². The molecule has 0 aliphatic heterocycles. The Hall–Kier alpha value is -3.07. The van der Waals surface area contributed by atoms with Crippen LogP contribution in [-0.4, -0.2) is 43.8 Å². The van der Waals surface area contributed by atoms with Gasteiger partial charge in [-0.2, -0.15) is 0 Å². The van der Waals surface area contributed by atoms with Crippen LogP contribution in [-0.2, 0) is 26.2 Å². The maximum Gasteiger partial charge on any atom is 0.264 e. The molecule has 0 fully saturated rings. The molecule has 0 saturated carbocycles. The summed E-state index contributed by atoms with van der Waals surface area (Å²) < 4.78 is 28.7. The molecule has 0 aromatic heterocycles. The lowest BCUT2D eigenvalue weighted by Crippen LogP contribution is -2.53. The van der Waals surface area contributed by atoms with E-state index in [1.807, 2.05) is 51.1 Å². The van der Waals surface area contributed by atoms with Crippen LogP contribution >= 0.6 is 23.2 Å². The third-order valence-electron chi connectivity index (χ3n) is 6.36. The zero-order chi connectivity index (χ0) is 28.6. The van der Waals surface area contributed by atoms with Crippen LogP contribution in [0.4, 0.5) is 5.69 Å². The summed E-state index contributed by atoms with van der Waals surface area (Å²) in [5.41, 5.74) is 1.04. The number of hydrogen-bond acceptors (Lipinski definition) is 4. The predicted octanol–water partition coefficient (Wildman–Crippen LogP) is 5.91. The molecule has 1 N–H and O–H groups in total. The van der Waals surface area contributed by atoms with Crippen molar-refractivity contribution in [1.82, 2.24) is 10.2 Å². The minimum absolute atomic E-state index is 0.0316. The Morgan fingerprint density at radius 1 is 0.872 bits per heavy atom. The Labute approximate surface area is 240 Å². The number of nitrogens with one attached hydrogen (secondary N) is 1. The number of carbonyl (C=O) groups excluding carboxylic acids is 2. The smallest absolute Gasteiger partial charge is 0.264 e. The number of anilines is 1. The molecule has 10 heteroatoms. The third kappa shape index (κ3) is 7.97. The SMILES string of the molecule is CC[C@@H](C)NC(=O)[C@@H](CC)N(Cc1ccccc1)C(=O)CN(c1cccc(Cl)c1)S(=O)(=O)c1ccc(Cl)cc1. The summed E-state index contributed by atoms with van der Waals surface area (Å²) in [4.78, 5) is 28.7. The Balaban J connectivity index is 2.04. The molecule has 7 nitrogen and oxygen atoms in total. The zero-order valence-electron chi connectivity index (χ0n) is 22.2. The van der Waals surface area contributed by atoms with Gasteiger partial charge in [0.05, 0.1) is 10.6 Å². The van der Waals surface area contributed by atoms with Gasteiger partial charge in [0.25, 0.3) is 10.0 Å². The van der Waals surface area contributed by atoms with E-state index in [1.54, 1.807) is 18.2 Å². The molecule has 0 heterocycles. The predicted molar refractivity (Wildman–Crippen MR) is 156 cm³/mol. The van der Waals surface area contributed by atoms with Gasteiger partial charge < -0.3 is 10.2 Å². The fraction of sp³-hybridized carbons (Fsp3) is 0.310. The lowest BCUT2D eigenvalue weighted by Gasteiger charge is -2.33. The van der Waals surface area contributed by atoms with E-state index >= 15 is 0 Å². The van der Waals surface area contributed by atoms with Crippen molar-refractivity contribution >= 4 is 50.7 Å². The molecule has 39 heavy (non-hydrogen) atoms. The molecule has 0 aliphatic carbocycles. The average molecular weight is 591 g/mol. The summed E-state index contributed by atoms with van der Waals surface area (Å²) in [6.45, 7) is 5.28. The number of sulfonamides is 1. The second-order valence-corrected chi connectivity index (χ2v) is 11.9. The molecule has 3 rings (SSSR count). The number of amides is 2. The summed E-state index contributed by atoms with van der Waals surface area (Å²) in [6.07, 6.45) is 1.08. The van der Waals surface area contributed by atoms with Crippen LogP contribution in [0.1, 0.15) is 39.2 Å². The molecule has 3 aromatic rings. The van der Waals surface area contributed by atoms with Crippen molar-refractivity contribution in [2.24, 2.45) is 0 Å². The molecular weight excluding hydrogens is 557 g/mol. The molecule has 2 atom stereocenters. The number of hydrogen-bond donors (Lipinski definition) is 1. The van der Waals surface area contributed by atoms with Gasteiger partial charge in [-0.15, -0.1) is 0 Å². The number of benzene rings is 3. The summed E-state index contributed by atoms with van der Waals surface area (Å²) in [6, 6.07) is 20.4. The first-order valence-electron chi connectivity index (χ1n) is 12.7. The van der Waals surface area contributed by atoms with Gasteiger partial charge >= 0.3 is 0 Å². The number of rotatable bonds is 12. The highest BCUT2D eigenvalue weighted by molar-refractivity contribution is 7.92. The van der Waals surface area contributed by atoms with Gasteiger partial charge in [-0.1, -0.05) is 73.4 Å². The highest BCUT2D eigenvalue weighted by atomic mass is 35.5. The van der Waals surface area contributed by atoms with Gasteiger partial charge in [0, 0.05) is 22.6 Å². The first-order valence-corrected chi connectivity index (χ1v) is 14.9. The first-order chi connectivity index (χ1) is 18.6. The largest absolute Gasteiger partial charge is 0.352 e. The molecule has 0 aliphatic rings. The average Bonchev–Trinajstić information content (AvgIpc) is 2.92. The quantitative estimate of drug-likeness (QED) is 0.284. The van der Waals surface area contributed by atoms with Crippen molar-refractivity contribution in [3.63, 3.8) is 0 Å². The molecule has 0 bridgehead atoms. The monoisotopic (exact) mass is 589 g/mol. The number of nitrogens with zero attached hydrogens (tertiary/aromatic N) is 2. The van der Waals surface area contributed by atoms with E-state index < -0.39 is 28.5 Å². The molecule has 0 spiro atoms. The maximum absolute atomic E-state index is 14.0. The van der Waals surface area contributed by atoms with Crippen molar-refractivity contribution in [3.8, 4) is 0 Å². The third-order valence-corrected chi connectivity index (χ3v) is 8.63. The van der Waals surface area contributed by atoms with Crippen molar-refractivity contribution in [3.05, 3.63) is 94.5 Å². The van der Waals surface area contributed by atoms with Crippen molar-refractivity contribution < 1.29 is 18.0 Å². The highest BCUT2D eigenvalue weighted by Crippen LogP contribution is 2.27. The second kappa shape index (κ2) is 13.8. The van der Waals surface area contributed by atoms with Crippen molar-refractivity contribution in [2.75, 3.05) is 10.8 Å². The topological polar surface area (TPSA) is 86.8 Å². The highest BCUT2D eigenvalue weighted by Gasteiger charge is 2.34. The molecule has 0 saturated heterocycles. The summed E-state index contributed by atoms with van der Waals surface area (Å²) >= 11 is 12.2. The molecule has 208 valence electrons. The van der Waals surface area contributed by atoms with Gasteiger partial charge in [0.1, 0.15) is 12.6 Å². The van der Waals surface area contributed by atoms with Crippen LogP contribution in [0.3, 0.4) is 0 Å². The standard InChI is InChI=1S/C29H33Cl2N3O4S/c1-4-21(3)32-29(36)27(5-2)33(19-22-10-7-6-8-11-22)28(35)20-34(25-13-9-12-24(31)18-25)39(37,38)26-16-14-23(30)15-17-26/h6-18,21,27H,4-5,19-20H2,1-3H3,(H,32,36)/t21-,27-/m1/s1. The van der Waals surface area contributed by atoms with Gasteiger partial charge in [-0.25, -0.2) is 8.42 Å². The van der Waals surface area contributed by atoms with Crippen molar-refractivity contribution in [1.29, 1.82) is 0 Å². The molecular formula is C29H33Cl2N3O4S. The van der Waals surface area contributed by atoms with E-state index in [0.29, 0.717) is 16.5 Å². The van der Waals surface area contributed by atoms with E-state index in [0.717, 1.165) is 16.3 Å². The second-order valence-electron chi connectivity index (χ2n) is 9.19. The fourth-order valence-corrected chi connectivity index (χ4v) is 5.75. The number of halogens is 2. The van der Waals surface area contributed by atoms with Crippen LogP contribution in [0.15, 0.2) is 83.8 Å². The maximum atomic E-state index is 14.0. The summed E-state index contributed by atoms with van der Waals surface area (Å²) in [5.74, 6) is -0.812. The Morgan fingerprint density at radius 3 is 2.13 bits per heavy atom. The van der Waals surface area contributed by atoms with Crippen LogP contribution < -0.4 is 9.62 Å². The molecule has 0 radical (unpaired) electrons. The molecule has 2 amide bonds. The summed E-state index contributed by atoms with van der Waals surface area (Å²) in [5, 5.41) is 3.66. The zero-order valence-corrected chi connectivity index (χ0v) is 24.5. The van der Waals surface area contributed by atoms with Gasteiger partial charge in [0.2, 0.25) is 11.8 Å². The fourth-order valence-electron chi connectivity index (χ4n) is 4.03. The van der Waals surface area contributed by atoms with E-state index in [-0.39, 0.29) is 29.1 Å². The first kappa shape index (κ1) is 30.5. The van der Waals surface area contributed by atoms with Crippen LogP contribution in [0.2, 0.25) is 10.0 Å².